The maximum absolute atomic E-state index is 12.2. The number of thiophene rings is 1. The van der Waals surface area contributed by atoms with Gasteiger partial charge in [-0.05, 0) is 36.3 Å². The van der Waals surface area contributed by atoms with Gasteiger partial charge >= 0.3 is 6.03 Å². The van der Waals surface area contributed by atoms with E-state index >= 15 is 0 Å². The fourth-order valence-electron chi connectivity index (χ4n) is 2.43. The molecule has 1 aliphatic carbocycles. The lowest BCUT2D eigenvalue weighted by Crippen LogP contribution is -2.43. The molecule has 0 spiro atoms. The van der Waals surface area contributed by atoms with Crippen molar-refractivity contribution >= 4 is 23.3 Å². The van der Waals surface area contributed by atoms with E-state index in [0.717, 1.165) is 29.7 Å². The van der Waals surface area contributed by atoms with E-state index in [0.29, 0.717) is 0 Å². The third-order valence-electron chi connectivity index (χ3n) is 3.83. The zero-order chi connectivity index (χ0) is 16.8. The van der Waals surface area contributed by atoms with Crippen LogP contribution in [-0.2, 0) is 11.2 Å². The summed E-state index contributed by atoms with van der Waals surface area (Å²) in [5.41, 5.74) is 1.16. The molecule has 3 N–H and O–H groups in total. The van der Waals surface area contributed by atoms with Gasteiger partial charge in [-0.15, -0.1) is 11.3 Å². The molecule has 0 unspecified atom stereocenters. The average Bonchev–Trinajstić information content (AvgIpc) is 3.22. The van der Waals surface area contributed by atoms with Crippen LogP contribution in [0, 0.1) is 0 Å². The van der Waals surface area contributed by atoms with Crippen LogP contribution in [0.4, 0.5) is 4.79 Å². The van der Waals surface area contributed by atoms with Gasteiger partial charge in [0.15, 0.2) is 0 Å². The summed E-state index contributed by atoms with van der Waals surface area (Å²) in [6, 6.07) is 14.0. The lowest BCUT2D eigenvalue weighted by molar-refractivity contribution is -0.120. The van der Waals surface area contributed by atoms with Gasteiger partial charge in [-0.3, -0.25) is 4.79 Å². The third kappa shape index (κ3) is 5.09. The van der Waals surface area contributed by atoms with E-state index in [1.165, 1.54) is 0 Å². The molecule has 1 heterocycles. The van der Waals surface area contributed by atoms with Crippen LogP contribution in [0.5, 0.6) is 0 Å². The number of hydrogen-bond donors (Lipinski definition) is 3. The summed E-state index contributed by atoms with van der Waals surface area (Å²) in [6.07, 6.45) is 2.77. The molecular weight excluding hydrogens is 322 g/mol. The highest BCUT2D eigenvalue weighted by Crippen LogP contribution is 2.23. The maximum Gasteiger partial charge on any atom is 0.315 e. The predicted molar refractivity (Wildman–Crippen MR) is 94.9 cm³/mol. The molecule has 126 valence electrons. The number of rotatable bonds is 7. The summed E-state index contributed by atoms with van der Waals surface area (Å²) < 4.78 is 0. The zero-order valence-electron chi connectivity index (χ0n) is 13.3. The van der Waals surface area contributed by atoms with E-state index in [1.807, 2.05) is 47.8 Å². The van der Waals surface area contributed by atoms with Gasteiger partial charge in [0.1, 0.15) is 0 Å². The molecule has 2 aromatic rings. The molecule has 0 radical (unpaired) electrons. The molecule has 0 aliphatic heterocycles. The molecule has 1 aromatic carbocycles. The second-order valence-corrected chi connectivity index (χ2v) is 6.91. The fraction of sp³-hybridized carbons (Fsp3) is 0.333. The Hall–Kier alpha value is -2.34. The predicted octanol–water partition coefficient (Wildman–Crippen LogP) is 2.61. The standard InChI is InChI=1S/C18H21N3O2S/c22-17(12-19-18(23)20-14-8-9-14)21-15(16-7-4-10-24-16)11-13-5-2-1-3-6-13/h1-7,10,14-15H,8-9,11-12H2,(H,21,22)(H2,19,20,23)/t15-/m1/s1. The van der Waals surface area contributed by atoms with Gasteiger partial charge in [0, 0.05) is 10.9 Å². The van der Waals surface area contributed by atoms with Crippen LogP contribution in [0.15, 0.2) is 47.8 Å². The van der Waals surface area contributed by atoms with E-state index in [2.05, 4.69) is 16.0 Å². The molecular formula is C18H21N3O2S. The van der Waals surface area contributed by atoms with Crippen LogP contribution in [0.25, 0.3) is 0 Å². The Balaban J connectivity index is 1.54. The topological polar surface area (TPSA) is 70.2 Å². The first kappa shape index (κ1) is 16.5. The normalized spacial score (nSPS) is 14.7. The van der Waals surface area contributed by atoms with Gasteiger partial charge in [-0.2, -0.15) is 0 Å². The van der Waals surface area contributed by atoms with E-state index in [-0.39, 0.29) is 30.6 Å². The van der Waals surface area contributed by atoms with Crippen LogP contribution in [0.1, 0.15) is 29.3 Å². The summed E-state index contributed by atoms with van der Waals surface area (Å²) in [7, 11) is 0. The van der Waals surface area contributed by atoms with Crippen LogP contribution in [0.2, 0.25) is 0 Å². The Morgan fingerprint density at radius 3 is 2.58 bits per heavy atom. The highest BCUT2D eigenvalue weighted by Gasteiger charge is 2.23. The highest BCUT2D eigenvalue weighted by atomic mass is 32.1. The second-order valence-electron chi connectivity index (χ2n) is 5.93. The monoisotopic (exact) mass is 343 g/mol. The van der Waals surface area contributed by atoms with E-state index in [4.69, 9.17) is 0 Å². The van der Waals surface area contributed by atoms with Crippen LogP contribution >= 0.6 is 11.3 Å². The minimum absolute atomic E-state index is 0.0186. The number of carbonyl (C=O) groups excluding carboxylic acids is 2. The number of carbonyl (C=O) groups is 2. The lowest BCUT2D eigenvalue weighted by atomic mass is 10.0. The first-order valence-electron chi connectivity index (χ1n) is 8.12. The highest BCUT2D eigenvalue weighted by molar-refractivity contribution is 7.10. The van der Waals surface area contributed by atoms with Crippen LogP contribution < -0.4 is 16.0 Å². The quantitative estimate of drug-likeness (QED) is 0.723. The Labute approximate surface area is 145 Å². The molecule has 1 fully saturated rings. The molecule has 1 atom stereocenters. The summed E-state index contributed by atoms with van der Waals surface area (Å²) in [5, 5.41) is 10.4. The Bertz CT molecular complexity index is 669. The minimum Gasteiger partial charge on any atom is -0.347 e. The van der Waals surface area contributed by atoms with E-state index in [1.54, 1.807) is 11.3 Å². The Morgan fingerprint density at radius 2 is 1.92 bits per heavy atom. The van der Waals surface area contributed by atoms with Gasteiger partial charge in [-0.25, -0.2) is 4.79 Å². The fourth-order valence-corrected chi connectivity index (χ4v) is 3.21. The van der Waals surface area contributed by atoms with Crippen molar-refractivity contribution in [1.82, 2.24) is 16.0 Å². The minimum atomic E-state index is -0.275. The van der Waals surface area contributed by atoms with Crippen molar-refractivity contribution in [3.63, 3.8) is 0 Å². The average molecular weight is 343 g/mol. The molecule has 6 heteroatoms. The molecule has 1 aromatic heterocycles. The first-order valence-corrected chi connectivity index (χ1v) is 9.00. The van der Waals surface area contributed by atoms with Crippen molar-refractivity contribution in [2.75, 3.05) is 6.54 Å². The van der Waals surface area contributed by atoms with Gasteiger partial charge in [-0.1, -0.05) is 36.4 Å². The SMILES string of the molecule is O=C(CNC(=O)NC1CC1)N[C@H](Cc1ccccc1)c1cccs1. The molecule has 5 nitrogen and oxygen atoms in total. The van der Waals surface area contributed by atoms with Gasteiger partial charge in [0.25, 0.3) is 0 Å². The van der Waals surface area contributed by atoms with Gasteiger partial charge in [0.2, 0.25) is 5.91 Å². The van der Waals surface area contributed by atoms with Crippen molar-refractivity contribution < 1.29 is 9.59 Å². The van der Waals surface area contributed by atoms with Crippen molar-refractivity contribution in [2.24, 2.45) is 0 Å². The van der Waals surface area contributed by atoms with Crippen molar-refractivity contribution in [2.45, 2.75) is 31.3 Å². The molecule has 0 saturated heterocycles. The van der Waals surface area contributed by atoms with Crippen molar-refractivity contribution in [3.05, 3.63) is 58.3 Å². The van der Waals surface area contributed by atoms with E-state index < -0.39 is 0 Å². The summed E-state index contributed by atoms with van der Waals surface area (Å²) >= 11 is 1.62. The van der Waals surface area contributed by atoms with Gasteiger partial charge < -0.3 is 16.0 Å². The maximum atomic E-state index is 12.2. The third-order valence-corrected chi connectivity index (χ3v) is 4.81. The summed E-state index contributed by atoms with van der Waals surface area (Å²) in [4.78, 5) is 24.9. The smallest absolute Gasteiger partial charge is 0.315 e. The van der Waals surface area contributed by atoms with Gasteiger partial charge in [0.05, 0.1) is 12.6 Å². The molecule has 1 aliphatic rings. The summed E-state index contributed by atoms with van der Waals surface area (Å²) in [6.45, 7) is -0.0186. The Morgan fingerprint density at radius 1 is 1.12 bits per heavy atom. The number of benzene rings is 1. The number of hydrogen-bond acceptors (Lipinski definition) is 3. The molecule has 0 bridgehead atoms. The zero-order valence-corrected chi connectivity index (χ0v) is 14.1. The lowest BCUT2D eigenvalue weighted by Gasteiger charge is -2.18. The molecule has 3 amide bonds. The van der Waals surface area contributed by atoms with Crippen LogP contribution in [0.3, 0.4) is 0 Å². The first-order chi connectivity index (χ1) is 11.7. The van der Waals surface area contributed by atoms with Crippen LogP contribution in [-0.4, -0.2) is 24.5 Å². The Kier molecular flexibility index (Phi) is 5.48. The van der Waals surface area contributed by atoms with E-state index in [9.17, 15) is 9.59 Å². The second kappa shape index (κ2) is 7.97. The number of nitrogens with one attached hydrogen (secondary N) is 3. The molecule has 1 saturated carbocycles. The molecule has 3 rings (SSSR count). The van der Waals surface area contributed by atoms with Crippen molar-refractivity contribution in [1.29, 1.82) is 0 Å². The number of amides is 3. The number of urea groups is 1. The van der Waals surface area contributed by atoms with Crippen molar-refractivity contribution in [3.8, 4) is 0 Å². The summed E-state index contributed by atoms with van der Waals surface area (Å²) in [5.74, 6) is -0.185. The largest absolute Gasteiger partial charge is 0.347 e. The molecule has 24 heavy (non-hydrogen) atoms.